The molecular formula is C16H27NO. The number of aryl methyl sites for hydroxylation is 2. The van der Waals surface area contributed by atoms with Gasteiger partial charge in [0, 0.05) is 6.61 Å². The normalized spacial score (nSPS) is 10.8. The van der Waals surface area contributed by atoms with Crippen LogP contribution in [0.5, 0.6) is 0 Å². The van der Waals surface area contributed by atoms with Crippen LogP contribution in [-0.4, -0.2) is 18.3 Å². The number of aliphatic hydroxyl groups excluding tert-OH is 1. The van der Waals surface area contributed by atoms with E-state index in [2.05, 4.69) is 24.3 Å². The van der Waals surface area contributed by atoms with Gasteiger partial charge in [0.05, 0.1) is 0 Å². The lowest BCUT2D eigenvalue weighted by atomic mass is 10.0. The van der Waals surface area contributed by atoms with Gasteiger partial charge < -0.3 is 10.8 Å². The molecular weight excluding hydrogens is 222 g/mol. The number of rotatable bonds is 10. The second-order valence-electron chi connectivity index (χ2n) is 4.95. The van der Waals surface area contributed by atoms with Crippen molar-refractivity contribution in [2.45, 2.75) is 51.4 Å². The van der Waals surface area contributed by atoms with Crippen molar-refractivity contribution in [2.75, 3.05) is 13.2 Å². The Morgan fingerprint density at radius 2 is 1.22 bits per heavy atom. The first kappa shape index (κ1) is 15.2. The van der Waals surface area contributed by atoms with Crippen LogP contribution in [-0.2, 0) is 12.8 Å². The zero-order chi connectivity index (χ0) is 13.1. The fourth-order valence-corrected chi connectivity index (χ4v) is 2.16. The molecule has 0 fully saturated rings. The minimum absolute atomic E-state index is 0.282. The quantitative estimate of drug-likeness (QED) is 0.626. The molecule has 0 aliphatic carbocycles. The highest BCUT2D eigenvalue weighted by molar-refractivity contribution is 5.22. The molecule has 0 spiro atoms. The van der Waals surface area contributed by atoms with Gasteiger partial charge in [-0.15, -0.1) is 0 Å². The zero-order valence-electron chi connectivity index (χ0n) is 11.4. The van der Waals surface area contributed by atoms with E-state index in [1.165, 1.54) is 49.7 Å². The third-order valence-electron chi connectivity index (χ3n) is 3.32. The summed E-state index contributed by atoms with van der Waals surface area (Å²) in [7, 11) is 0. The van der Waals surface area contributed by atoms with Crippen LogP contribution in [0.15, 0.2) is 24.3 Å². The van der Waals surface area contributed by atoms with E-state index >= 15 is 0 Å². The van der Waals surface area contributed by atoms with Gasteiger partial charge >= 0.3 is 0 Å². The van der Waals surface area contributed by atoms with Gasteiger partial charge in [0.2, 0.25) is 0 Å². The fraction of sp³-hybridized carbons (Fsp3) is 0.625. The summed E-state index contributed by atoms with van der Waals surface area (Å²) in [5, 5.41) is 8.78. The lowest BCUT2D eigenvalue weighted by Gasteiger charge is -2.04. The Hall–Kier alpha value is -0.860. The Kier molecular flexibility index (Phi) is 8.53. The molecule has 0 amide bonds. The van der Waals surface area contributed by atoms with Crippen molar-refractivity contribution in [3.8, 4) is 0 Å². The average molecular weight is 249 g/mol. The fourth-order valence-electron chi connectivity index (χ4n) is 2.16. The first-order chi connectivity index (χ1) is 8.86. The van der Waals surface area contributed by atoms with Crippen LogP contribution >= 0.6 is 0 Å². The molecule has 0 aliphatic rings. The van der Waals surface area contributed by atoms with Gasteiger partial charge in [-0.25, -0.2) is 0 Å². The monoisotopic (exact) mass is 249 g/mol. The van der Waals surface area contributed by atoms with Gasteiger partial charge in [0.25, 0.3) is 0 Å². The van der Waals surface area contributed by atoms with Gasteiger partial charge in [-0.2, -0.15) is 0 Å². The van der Waals surface area contributed by atoms with Gasteiger partial charge in [0.15, 0.2) is 0 Å². The molecule has 0 heterocycles. The highest BCUT2D eigenvalue weighted by Gasteiger charge is 1.96. The number of hydrogen-bond donors (Lipinski definition) is 2. The summed E-state index contributed by atoms with van der Waals surface area (Å²) in [6.07, 6.45) is 9.37. The van der Waals surface area contributed by atoms with E-state index in [1.807, 2.05) is 0 Å². The van der Waals surface area contributed by atoms with E-state index in [-0.39, 0.29) is 6.61 Å². The molecule has 18 heavy (non-hydrogen) atoms. The average Bonchev–Trinajstić information content (AvgIpc) is 2.42. The van der Waals surface area contributed by atoms with Crippen LogP contribution in [0.25, 0.3) is 0 Å². The van der Waals surface area contributed by atoms with Gasteiger partial charge in [0.1, 0.15) is 0 Å². The molecule has 102 valence electrons. The lowest BCUT2D eigenvalue weighted by molar-refractivity contribution is 0.288. The molecule has 0 saturated heterocycles. The summed E-state index contributed by atoms with van der Waals surface area (Å²) in [5.41, 5.74) is 8.23. The Labute approximate surface area is 111 Å². The van der Waals surface area contributed by atoms with Crippen molar-refractivity contribution in [3.05, 3.63) is 35.4 Å². The van der Waals surface area contributed by atoms with E-state index in [0.29, 0.717) is 0 Å². The molecule has 3 N–H and O–H groups in total. The first-order valence-corrected chi connectivity index (χ1v) is 7.25. The third kappa shape index (κ3) is 6.77. The van der Waals surface area contributed by atoms with E-state index in [4.69, 9.17) is 10.8 Å². The summed E-state index contributed by atoms with van der Waals surface area (Å²) < 4.78 is 0. The second kappa shape index (κ2) is 10.1. The van der Waals surface area contributed by atoms with Gasteiger partial charge in [-0.1, -0.05) is 43.5 Å². The van der Waals surface area contributed by atoms with Crippen LogP contribution in [0.2, 0.25) is 0 Å². The molecule has 0 saturated carbocycles. The number of hydrogen-bond acceptors (Lipinski definition) is 2. The van der Waals surface area contributed by atoms with E-state index < -0.39 is 0 Å². The molecule has 0 atom stereocenters. The zero-order valence-corrected chi connectivity index (χ0v) is 11.4. The lowest BCUT2D eigenvalue weighted by Crippen LogP contribution is -1.97. The number of nitrogens with two attached hydrogens (primary N) is 1. The number of unbranched alkanes of at least 4 members (excludes halogenated alkanes) is 4. The molecule has 0 aliphatic heterocycles. The molecule has 0 aromatic heterocycles. The molecule has 0 radical (unpaired) electrons. The summed E-state index contributed by atoms with van der Waals surface area (Å²) >= 11 is 0. The van der Waals surface area contributed by atoms with Crippen molar-refractivity contribution in [3.63, 3.8) is 0 Å². The number of benzene rings is 1. The standard InChI is InChI=1S/C16H27NO/c17-13-5-3-1-2-4-7-15-9-11-16(12-10-15)8-6-14-18/h9-12,18H,1-8,13-14,17H2. The number of aliphatic hydroxyl groups is 1. The van der Waals surface area contributed by atoms with Gasteiger partial charge in [-0.05, 0) is 49.8 Å². The predicted octanol–water partition coefficient (Wildman–Crippen LogP) is 3.06. The van der Waals surface area contributed by atoms with Crippen molar-refractivity contribution in [1.82, 2.24) is 0 Å². The Balaban J connectivity index is 2.14. The molecule has 2 nitrogen and oxygen atoms in total. The van der Waals surface area contributed by atoms with Gasteiger partial charge in [-0.3, -0.25) is 0 Å². The second-order valence-corrected chi connectivity index (χ2v) is 4.95. The van der Waals surface area contributed by atoms with Crippen LogP contribution in [0, 0.1) is 0 Å². The summed E-state index contributed by atoms with van der Waals surface area (Å²) in [6.45, 7) is 1.11. The minimum atomic E-state index is 0.282. The van der Waals surface area contributed by atoms with E-state index in [0.717, 1.165) is 19.4 Å². The molecule has 0 unspecified atom stereocenters. The van der Waals surface area contributed by atoms with Crippen molar-refractivity contribution in [2.24, 2.45) is 5.73 Å². The van der Waals surface area contributed by atoms with E-state index in [1.54, 1.807) is 0 Å². The minimum Gasteiger partial charge on any atom is -0.396 e. The SMILES string of the molecule is NCCCCCCCc1ccc(CCCO)cc1. The maximum Gasteiger partial charge on any atom is 0.0434 e. The largest absolute Gasteiger partial charge is 0.396 e. The highest BCUT2D eigenvalue weighted by Crippen LogP contribution is 2.11. The molecule has 0 bridgehead atoms. The predicted molar refractivity (Wildman–Crippen MR) is 77.7 cm³/mol. The summed E-state index contributed by atoms with van der Waals surface area (Å²) in [5.74, 6) is 0. The Morgan fingerprint density at radius 1 is 0.722 bits per heavy atom. The third-order valence-corrected chi connectivity index (χ3v) is 3.32. The van der Waals surface area contributed by atoms with Crippen molar-refractivity contribution in [1.29, 1.82) is 0 Å². The highest BCUT2D eigenvalue weighted by atomic mass is 16.2. The maximum absolute atomic E-state index is 8.78. The topological polar surface area (TPSA) is 46.2 Å². The maximum atomic E-state index is 8.78. The summed E-state index contributed by atoms with van der Waals surface area (Å²) in [4.78, 5) is 0. The molecule has 1 aromatic rings. The van der Waals surface area contributed by atoms with Crippen molar-refractivity contribution < 1.29 is 5.11 Å². The molecule has 1 aromatic carbocycles. The smallest absolute Gasteiger partial charge is 0.0434 e. The first-order valence-electron chi connectivity index (χ1n) is 7.25. The van der Waals surface area contributed by atoms with Crippen LogP contribution in [0.1, 0.15) is 49.7 Å². The van der Waals surface area contributed by atoms with Crippen LogP contribution in [0.3, 0.4) is 0 Å². The van der Waals surface area contributed by atoms with E-state index in [9.17, 15) is 0 Å². The van der Waals surface area contributed by atoms with Crippen molar-refractivity contribution >= 4 is 0 Å². The summed E-state index contributed by atoms with van der Waals surface area (Å²) in [6, 6.07) is 8.85. The Morgan fingerprint density at radius 3 is 1.78 bits per heavy atom. The Bertz CT molecular complexity index is 294. The van der Waals surface area contributed by atoms with Crippen LogP contribution in [0.4, 0.5) is 0 Å². The molecule has 1 rings (SSSR count). The van der Waals surface area contributed by atoms with Crippen LogP contribution < -0.4 is 5.73 Å². The molecule has 2 heteroatoms.